The first-order valence-electron chi connectivity index (χ1n) is 2.63. The number of carbonyl (C=O) groups excluding carboxylic acids is 1. The van der Waals surface area contributed by atoms with Crippen LogP contribution in [0.1, 0.15) is 0 Å². The number of hydrogen-bond donors (Lipinski definition) is 2. The summed E-state index contributed by atoms with van der Waals surface area (Å²) in [5, 5.41) is 15.2. The van der Waals surface area contributed by atoms with Gasteiger partial charge in [-0.1, -0.05) is 0 Å². The molecule has 0 aromatic heterocycles. The molecular formula is C6H3F2NO2. The van der Waals surface area contributed by atoms with Crippen LogP contribution in [0.4, 0.5) is 8.78 Å². The molecule has 11 heavy (non-hydrogen) atoms. The normalized spacial score (nSPS) is 18.9. The Kier molecular flexibility index (Phi) is 1.56. The smallest absolute Gasteiger partial charge is 0.243 e. The lowest BCUT2D eigenvalue weighted by molar-refractivity contribution is -0.111. The van der Waals surface area contributed by atoms with Crippen LogP contribution in [0.5, 0.6) is 0 Å². The van der Waals surface area contributed by atoms with Gasteiger partial charge in [0, 0.05) is 6.08 Å². The van der Waals surface area contributed by atoms with Gasteiger partial charge in [-0.2, -0.15) is 4.39 Å². The van der Waals surface area contributed by atoms with E-state index in [2.05, 4.69) is 0 Å². The first-order chi connectivity index (χ1) is 5.04. The average molecular weight is 159 g/mol. The van der Waals surface area contributed by atoms with E-state index in [0.717, 1.165) is 0 Å². The van der Waals surface area contributed by atoms with Crippen LogP contribution in [0, 0.1) is 5.41 Å². The lowest BCUT2D eigenvalue weighted by Crippen LogP contribution is -2.17. The number of carbonyl (C=O) groups is 1. The molecule has 1 rings (SSSR count). The molecule has 5 heteroatoms. The highest BCUT2D eigenvalue weighted by Gasteiger charge is 2.26. The van der Waals surface area contributed by atoms with Crippen molar-refractivity contribution in [1.82, 2.24) is 0 Å². The van der Waals surface area contributed by atoms with Gasteiger partial charge in [0.05, 0.1) is 0 Å². The highest BCUT2D eigenvalue weighted by atomic mass is 19.1. The van der Waals surface area contributed by atoms with Crippen molar-refractivity contribution >= 4 is 11.5 Å². The highest BCUT2D eigenvalue weighted by Crippen LogP contribution is 2.20. The molecule has 0 amide bonds. The van der Waals surface area contributed by atoms with E-state index in [1.807, 2.05) is 0 Å². The van der Waals surface area contributed by atoms with Crippen LogP contribution in [0.15, 0.2) is 23.5 Å². The highest BCUT2D eigenvalue weighted by molar-refractivity contribution is 6.49. The van der Waals surface area contributed by atoms with Crippen LogP contribution in [0.25, 0.3) is 0 Å². The number of halogens is 2. The van der Waals surface area contributed by atoms with Gasteiger partial charge in [0.15, 0.2) is 11.6 Å². The summed E-state index contributed by atoms with van der Waals surface area (Å²) in [5.41, 5.74) is -0.808. The van der Waals surface area contributed by atoms with Gasteiger partial charge in [0.1, 0.15) is 5.71 Å². The zero-order valence-electron chi connectivity index (χ0n) is 5.19. The van der Waals surface area contributed by atoms with Gasteiger partial charge in [-0.3, -0.25) is 10.2 Å². The maximum Gasteiger partial charge on any atom is 0.243 e. The molecule has 0 radical (unpaired) electrons. The zero-order valence-corrected chi connectivity index (χ0v) is 5.19. The molecule has 0 heterocycles. The number of aliphatic hydroxyl groups is 1. The van der Waals surface area contributed by atoms with Crippen molar-refractivity contribution in [1.29, 1.82) is 5.41 Å². The summed E-state index contributed by atoms with van der Waals surface area (Å²) in [6.45, 7) is 0. The number of hydrogen-bond acceptors (Lipinski definition) is 3. The van der Waals surface area contributed by atoms with Crippen molar-refractivity contribution < 1.29 is 18.7 Å². The Morgan fingerprint density at radius 2 is 2.00 bits per heavy atom. The molecular weight excluding hydrogens is 156 g/mol. The molecule has 0 saturated heterocycles. The molecule has 0 bridgehead atoms. The van der Waals surface area contributed by atoms with Gasteiger partial charge in [-0.05, 0) is 0 Å². The zero-order chi connectivity index (χ0) is 8.59. The largest absolute Gasteiger partial charge is 0.503 e. The molecule has 0 fully saturated rings. The van der Waals surface area contributed by atoms with Gasteiger partial charge in [-0.25, -0.2) is 4.39 Å². The van der Waals surface area contributed by atoms with E-state index in [-0.39, 0.29) is 0 Å². The second kappa shape index (κ2) is 2.26. The minimum absolute atomic E-state index is 0.459. The van der Waals surface area contributed by atoms with Gasteiger partial charge in [0.2, 0.25) is 11.6 Å². The third kappa shape index (κ3) is 1.04. The Hall–Kier alpha value is -1.52. The minimum atomic E-state index is -1.62. The fourth-order valence-corrected chi connectivity index (χ4v) is 0.591. The molecule has 1 aliphatic rings. The van der Waals surface area contributed by atoms with E-state index in [0.29, 0.717) is 6.08 Å². The van der Waals surface area contributed by atoms with E-state index in [9.17, 15) is 13.6 Å². The summed E-state index contributed by atoms with van der Waals surface area (Å²) < 4.78 is 24.6. The van der Waals surface area contributed by atoms with E-state index in [1.54, 1.807) is 0 Å². The summed E-state index contributed by atoms with van der Waals surface area (Å²) >= 11 is 0. The quantitative estimate of drug-likeness (QED) is 0.521. The van der Waals surface area contributed by atoms with Crippen molar-refractivity contribution in [3.8, 4) is 0 Å². The Bertz CT molecular complexity index is 304. The fourth-order valence-electron chi connectivity index (χ4n) is 0.591. The number of Topliss-reactive ketones (excluding diaryl/α,β-unsaturated/α-hetero) is 1. The molecule has 0 atom stereocenters. The van der Waals surface area contributed by atoms with Crippen molar-refractivity contribution in [3.63, 3.8) is 0 Å². The Labute approximate surface area is 60.2 Å². The maximum atomic E-state index is 12.3. The third-order valence-corrected chi connectivity index (χ3v) is 1.15. The number of ketones is 1. The number of nitrogens with one attached hydrogen (secondary N) is 1. The number of rotatable bonds is 0. The lowest BCUT2D eigenvalue weighted by atomic mass is 10.1. The standard InChI is InChI=1S/C6H3F2NO2/c7-2-1-3(9)6(11)4(8)5(2)10/h1,9-10H. The molecule has 0 aromatic carbocycles. The van der Waals surface area contributed by atoms with Crippen molar-refractivity contribution in [2.75, 3.05) is 0 Å². The second-order valence-electron chi connectivity index (χ2n) is 1.90. The van der Waals surface area contributed by atoms with E-state index < -0.39 is 28.9 Å². The molecule has 0 spiro atoms. The molecule has 2 N–H and O–H groups in total. The monoisotopic (exact) mass is 159 g/mol. The molecule has 58 valence electrons. The summed E-state index contributed by atoms with van der Waals surface area (Å²) in [6.07, 6.45) is 0.459. The van der Waals surface area contributed by atoms with Gasteiger partial charge in [-0.15, -0.1) is 0 Å². The molecule has 3 nitrogen and oxygen atoms in total. The van der Waals surface area contributed by atoms with Gasteiger partial charge < -0.3 is 5.11 Å². The van der Waals surface area contributed by atoms with E-state index >= 15 is 0 Å². The third-order valence-electron chi connectivity index (χ3n) is 1.15. The molecule has 0 unspecified atom stereocenters. The summed E-state index contributed by atoms with van der Waals surface area (Å²) in [7, 11) is 0. The molecule has 0 saturated carbocycles. The summed E-state index contributed by atoms with van der Waals surface area (Å²) in [4.78, 5) is 10.5. The Balaban J connectivity index is 3.22. The summed E-state index contributed by atoms with van der Waals surface area (Å²) in [6, 6.07) is 0. The second-order valence-corrected chi connectivity index (χ2v) is 1.90. The van der Waals surface area contributed by atoms with E-state index in [1.165, 1.54) is 0 Å². The fraction of sp³-hybridized carbons (Fsp3) is 0. The SMILES string of the molecule is N=C1C=C(F)C(O)=C(F)C1=O. The number of aliphatic hydroxyl groups excluding tert-OH is 1. The Morgan fingerprint density at radius 1 is 1.45 bits per heavy atom. The van der Waals surface area contributed by atoms with Crippen LogP contribution < -0.4 is 0 Å². The van der Waals surface area contributed by atoms with Crippen molar-refractivity contribution in [2.45, 2.75) is 0 Å². The van der Waals surface area contributed by atoms with Crippen molar-refractivity contribution in [2.24, 2.45) is 0 Å². The molecule has 0 aromatic rings. The predicted molar refractivity (Wildman–Crippen MR) is 32.7 cm³/mol. The minimum Gasteiger partial charge on any atom is -0.503 e. The predicted octanol–water partition coefficient (Wildman–Crippen LogP) is 1.18. The topological polar surface area (TPSA) is 61.1 Å². The first-order valence-corrected chi connectivity index (χ1v) is 2.63. The van der Waals surface area contributed by atoms with Gasteiger partial charge >= 0.3 is 0 Å². The molecule has 1 aliphatic carbocycles. The van der Waals surface area contributed by atoms with E-state index in [4.69, 9.17) is 10.5 Å². The Morgan fingerprint density at radius 3 is 2.55 bits per heavy atom. The van der Waals surface area contributed by atoms with Crippen LogP contribution >= 0.6 is 0 Å². The van der Waals surface area contributed by atoms with Crippen molar-refractivity contribution in [3.05, 3.63) is 23.5 Å². The number of allylic oxidation sites excluding steroid dienone is 3. The summed E-state index contributed by atoms with van der Waals surface area (Å²) in [5.74, 6) is -5.54. The maximum absolute atomic E-state index is 12.3. The molecule has 0 aliphatic heterocycles. The van der Waals surface area contributed by atoms with Crippen LogP contribution in [-0.4, -0.2) is 16.6 Å². The first kappa shape index (κ1) is 7.59. The average Bonchev–Trinajstić information content (AvgIpc) is 1.97. The van der Waals surface area contributed by atoms with Gasteiger partial charge in [0.25, 0.3) is 0 Å². The van der Waals surface area contributed by atoms with Crippen LogP contribution in [0.2, 0.25) is 0 Å². The lowest BCUT2D eigenvalue weighted by Gasteiger charge is -2.04. The van der Waals surface area contributed by atoms with Crippen LogP contribution in [-0.2, 0) is 4.79 Å². The van der Waals surface area contributed by atoms with Crippen LogP contribution in [0.3, 0.4) is 0 Å².